The van der Waals surface area contributed by atoms with E-state index in [4.69, 9.17) is 0 Å². The van der Waals surface area contributed by atoms with Gasteiger partial charge in [-0.3, -0.25) is 4.90 Å². The molecular weight excluding hydrogens is 378 g/mol. The quantitative estimate of drug-likeness (QED) is 0.592. The zero-order valence-electron chi connectivity index (χ0n) is 14.1. The van der Waals surface area contributed by atoms with E-state index >= 15 is 0 Å². The van der Waals surface area contributed by atoms with Crippen molar-refractivity contribution in [2.75, 3.05) is 6.54 Å². The molecule has 1 aliphatic rings. The molecule has 140 valence electrons. The molecule has 0 amide bonds. The Kier molecular flexibility index (Phi) is 4.69. The van der Waals surface area contributed by atoms with Crippen molar-refractivity contribution in [2.45, 2.75) is 25.7 Å². The number of aromatic nitrogens is 2. The summed E-state index contributed by atoms with van der Waals surface area (Å²) in [7, 11) is 0. The van der Waals surface area contributed by atoms with Gasteiger partial charge in [0.2, 0.25) is 0 Å². The second-order valence-corrected chi connectivity index (χ2v) is 7.36. The maximum absolute atomic E-state index is 14.0. The Balaban J connectivity index is 1.52. The third-order valence-electron chi connectivity index (χ3n) is 4.52. The van der Waals surface area contributed by atoms with Crippen LogP contribution in [0.15, 0.2) is 41.9 Å². The van der Waals surface area contributed by atoms with Crippen molar-refractivity contribution in [1.82, 2.24) is 14.9 Å². The highest BCUT2D eigenvalue weighted by atomic mass is 32.1. The Morgan fingerprint density at radius 3 is 2.78 bits per heavy atom. The first-order valence-corrected chi connectivity index (χ1v) is 9.25. The zero-order valence-corrected chi connectivity index (χ0v) is 14.9. The lowest BCUT2D eigenvalue weighted by Gasteiger charge is -2.28. The third kappa shape index (κ3) is 3.86. The number of fused-ring (bicyclic) bond motifs is 1. The van der Waals surface area contributed by atoms with Crippen LogP contribution in [-0.4, -0.2) is 21.4 Å². The maximum atomic E-state index is 14.0. The van der Waals surface area contributed by atoms with Gasteiger partial charge in [0.05, 0.1) is 16.1 Å². The van der Waals surface area contributed by atoms with E-state index < -0.39 is 17.6 Å². The van der Waals surface area contributed by atoms with Gasteiger partial charge < -0.3 is 0 Å². The number of hydrogen-bond acceptors (Lipinski definition) is 4. The molecule has 1 aromatic carbocycles. The first kappa shape index (κ1) is 18.1. The topological polar surface area (TPSA) is 29.0 Å². The number of thiophene rings is 1. The number of halogens is 4. The van der Waals surface area contributed by atoms with Gasteiger partial charge >= 0.3 is 6.18 Å². The highest BCUT2D eigenvalue weighted by Gasteiger charge is 2.31. The summed E-state index contributed by atoms with van der Waals surface area (Å²) in [5, 5.41) is 1.96. The molecule has 3 nitrogen and oxygen atoms in total. The molecule has 0 N–H and O–H groups in total. The average Bonchev–Trinajstić information content (AvgIpc) is 3.17. The second kappa shape index (κ2) is 7.01. The molecule has 2 aromatic heterocycles. The Morgan fingerprint density at radius 1 is 1.19 bits per heavy atom. The molecule has 0 bridgehead atoms. The van der Waals surface area contributed by atoms with Gasteiger partial charge in [0.25, 0.3) is 0 Å². The Bertz CT molecular complexity index is 954. The summed E-state index contributed by atoms with van der Waals surface area (Å²) in [4.78, 5) is 11.9. The molecule has 3 aromatic rings. The molecule has 0 spiro atoms. The molecule has 0 aliphatic carbocycles. The standard InChI is InChI=1S/C19H15F4N3S/c20-15-4-3-14(19(21,22)23)8-12(15)10-26-6-5-16-13(11-26)9-24-18(25-16)17-2-1-7-27-17/h1-4,7-9H,5-6,10-11H2. The van der Waals surface area contributed by atoms with E-state index in [1.165, 1.54) is 0 Å². The molecule has 0 unspecified atom stereocenters. The molecule has 8 heteroatoms. The minimum atomic E-state index is -4.48. The van der Waals surface area contributed by atoms with Crippen LogP contribution in [-0.2, 0) is 25.7 Å². The SMILES string of the molecule is Fc1ccc(C(F)(F)F)cc1CN1CCc2nc(-c3cccs3)ncc2C1. The van der Waals surface area contributed by atoms with Crippen LogP contribution in [0.3, 0.4) is 0 Å². The molecular formula is C19H15F4N3S. The lowest BCUT2D eigenvalue weighted by Crippen LogP contribution is -2.31. The molecule has 0 saturated carbocycles. The van der Waals surface area contributed by atoms with Gasteiger partial charge in [0.1, 0.15) is 5.82 Å². The fourth-order valence-electron chi connectivity index (χ4n) is 3.15. The largest absolute Gasteiger partial charge is 0.416 e. The summed E-state index contributed by atoms with van der Waals surface area (Å²) in [5.74, 6) is 0.0548. The van der Waals surface area contributed by atoms with Crippen LogP contribution in [0.1, 0.15) is 22.4 Å². The van der Waals surface area contributed by atoms with E-state index in [0.717, 1.165) is 34.3 Å². The number of nitrogens with zero attached hydrogens (tertiary/aromatic N) is 3. The van der Waals surface area contributed by atoms with Gasteiger partial charge in [-0.15, -0.1) is 11.3 Å². The Labute approximate surface area is 157 Å². The lowest BCUT2D eigenvalue weighted by atomic mass is 10.0. The van der Waals surface area contributed by atoms with Gasteiger partial charge in [-0.2, -0.15) is 13.2 Å². The molecule has 0 saturated heterocycles. The minimum absolute atomic E-state index is 0.0457. The van der Waals surface area contributed by atoms with Crippen molar-refractivity contribution in [3.05, 3.63) is 70.1 Å². The normalized spacial score (nSPS) is 15.0. The predicted molar refractivity (Wildman–Crippen MR) is 94.6 cm³/mol. The van der Waals surface area contributed by atoms with Crippen LogP contribution in [0, 0.1) is 5.82 Å². The van der Waals surface area contributed by atoms with E-state index in [9.17, 15) is 17.6 Å². The van der Waals surface area contributed by atoms with Crippen molar-refractivity contribution >= 4 is 11.3 Å². The summed E-state index contributed by atoms with van der Waals surface area (Å²) in [5.41, 5.74) is 1.08. The van der Waals surface area contributed by atoms with Crippen molar-refractivity contribution in [3.8, 4) is 10.7 Å². The van der Waals surface area contributed by atoms with Crippen LogP contribution in [0.4, 0.5) is 17.6 Å². The van der Waals surface area contributed by atoms with Crippen molar-refractivity contribution in [3.63, 3.8) is 0 Å². The molecule has 27 heavy (non-hydrogen) atoms. The molecule has 3 heterocycles. The van der Waals surface area contributed by atoms with E-state index in [1.807, 2.05) is 22.4 Å². The number of alkyl halides is 3. The molecule has 0 radical (unpaired) electrons. The highest BCUT2D eigenvalue weighted by molar-refractivity contribution is 7.13. The third-order valence-corrected chi connectivity index (χ3v) is 5.39. The molecule has 0 fully saturated rings. The number of hydrogen-bond donors (Lipinski definition) is 0. The molecule has 4 rings (SSSR count). The highest BCUT2D eigenvalue weighted by Crippen LogP contribution is 2.31. The Hall–Kier alpha value is -2.32. The Morgan fingerprint density at radius 2 is 2.04 bits per heavy atom. The summed E-state index contributed by atoms with van der Waals surface area (Å²) in [6.07, 6.45) is -2.08. The minimum Gasteiger partial charge on any atom is -0.294 e. The van der Waals surface area contributed by atoms with E-state index in [0.29, 0.717) is 25.3 Å². The van der Waals surface area contributed by atoms with Crippen LogP contribution in [0.5, 0.6) is 0 Å². The second-order valence-electron chi connectivity index (χ2n) is 6.41. The van der Waals surface area contributed by atoms with Gasteiger partial charge in [-0.1, -0.05) is 6.07 Å². The summed E-state index contributed by atoms with van der Waals surface area (Å²) >= 11 is 1.56. The van der Waals surface area contributed by atoms with Crippen molar-refractivity contribution in [2.24, 2.45) is 0 Å². The summed E-state index contributed by atoms with van der Waals surface area (Å²) in [6.45, 7) is 1.20. The fourth-order valence-corrected chi connectivity index (χ4v) is 3.81. The molecule has 0 atom stereocenters. The van der Waals surface area contributed by atoms with Crippen LogP contribution < -0.4 is 0 Å². The maximum Gasteiger partial charge on any atom is 0.416 e. The van der Waals surface area contributed by atoms with E-state index in [2.05, 4.69) is 9.97 Å². The smallest absolute Gasteiger partial charge is 0.294 e. The fraction of sp³-hybridized carbons (Fsp3) is 0.263. The molecule has 1 aliphatic heterocycles. The van der Waals surface area contributed by atoms with Crippen LogP contribution >= 0.6 is 11.3 Å². The first-order valence-electron chi connectivity index (χ1n) is 8.37. The van der Waals surface area contributed by atoms with Gasteiger partial charge in [0.15, 0.2) is 5.82 Å². The van der Waals surface area contributed by atoms with Crippen molar-refractivity contribution in [1.29, 1.82) is 0 Å². The van der Waals surface area contributed by atoms with E-state index in [1.54, 1.807) is 17.5 Å². The summed E-state index contributed by atoms with van der Waals surface area (Å²) in [6, 6.07) is 6.43. The lowest BCUT2D eigenvalue weighted by molar-refractivity contribution is -0.137. The van der Waals surface area contributed by atoms with Crippen LogP contribution in [0.25, 0.3) is 10.7 Å². The first-order chi connectivity index (χ1) is 12.9. The van der Waals surface area contributed by atoms with E-state index in [-0.39, 0.29) is 12.1 Å². The van der Waals surface area contributed by atoms with Gasteiger partial charge in [0, 0.05) is 43.4 Å². The zero-order chi connectivity index (χ0) is 19.0. The van der Waals surface area contributed by atoms with Gasteiger partial charge in [-0.25, -0.2) is 14.4 Å². The predicted octanol–water partition coefficient (Wildman–Crippen LogP) is 4.92. The summed E-state index contributed by atoms with van der Waals surface area (Å²) < 4.78 is 52.6. The number of rotatable bonds is 3. The monoisotopic (exact) mass is 393 g/mol. The number of benzene rings is 1. The average molecular weight is 393 g/mol. The van der Waals surface area contributed by atoms with Crippen LogP contribution in [0.2, 0.25) is 0 Å². The van der Waals surface area contributed by atoms with Crippen molar-refractivity contribution < 1.29 is 17.6 Å². The van der Waals surface area contributed by atoms with Gasteiger partial charge in [-0.05, 0) is 29.6 Å².